The maximum absolute atomic E-state index is 6.18. The maximum Gasteiger partial charge on any atom is 0.165 e. The van der Waals surface area contributed by atoms with Gasteiger partial charge in [-0.15, -0.1) is 5.10 Å². The highest BCUT2D eigenvalue weighted by molar-refractivity contribution is 5.23. The van der Waals surface area contributed by atoms with E-state index in [0.29, 0.717) is 6.04 Å². The summed E-state index contributed by atoms with van der Waals surface area (Å²) in [5, 5.41) is 12.2. The molecule has 0 radical (unpaired) electrons. The lowest BCUT2D eigenvalue weighted by Crippen LogP contribution is -2.26. The lowest BCUT2D eigenvalue weighted by molar-refractivity contribution is 0.195. The normalized spacial score (nSPS) is 21.2. The summed E-state index contributed by atoms with van der Waals surface area (Å²) in [5.41, 5.74) is 1.03. The van der Waals surface area contributed by atoms with Crippen molar-refractivity contribution in [2.75, 3.05) is 27.2 Å². The maximum atomic E-state index is 6.18. The number of hydrogen-bond acceptors (Lipinski definition) is 7. The van der Waals surface area contributed by atoms with E-state index in [4.69, 9.17) is 4.74 Å². The van der Waals surface area contributed by atoms with Crippen molar-refractivity contribution in [3.8, 4) is 5.75 Å². The average Bonchev–Trinajstić information content (AvgIpc) is 3.16. The second-order valence-electron chi connectivity index (χ2n) is 7.26. The Labute approximate surface area is 147 Å². The Balaban J connectivity index is 1.32. The van der Waals surface area contributed by atoms with Gasteiger partial charge in [-0.2, -0.15) is 0 Å². The first kappa shape index (κ1) is 16.4. The molecule has 1 aliphatic carbocycles. The average molecular weight is 343 g/mol. The molecule has 1 atom stereocenters. The lowest BCUT2D eigenvalue weighted by atomic mass is 10.3. The first-order valence-electron chi connectivity index (χ1n) is 8.93. The van der Waals surface area contributed by atoms with Crippen molar-refractivity contribution < 1.29 is 4.74 Å². The molecule has 134 valence electrons. The van der Waals surface area contributed by atoms with Gasteiger partial charge >= 0.3 is 0 Å². The highest BCUT2D eigenvalue weighted by Crippen LogP contribution is 2.34. The van der Waals surface area contributed by atoms with Crippen LogP contribution in [0.15, 0.2) is 18.3 Å². The fraction of sp³-hybridized carbons (Fsp3) is 0.647. The molecule has 0 aromatic carbocycles. The van der Waals surface area contributed by atoms with Crippen LogP contribution >= 0.6 is 0 Å². The van der Waals surface area contributed by atoms with Crippen LogP contribution in [0.2, 0.25) is 0 Å². The summed E-state index contributed by atoms with van der Waals surface area (Å²) in [6.07, 6.45) is 5.45. The highest BCUT2D eigenvalue weighted by Gasteiger charge is 2.30. The van der Waals surface area contributed by atoms with E-state index in [1.807, 2.05) is 37.1 Å². The van der Waals surface area contributed by atoms with Gasteiger partial charge in [-0.3, -0.25) is 9.88 Å². The van der Waals surface area contributed by atoms with Gasteiger partial charge in [0.2, 0.25) is 0 Å². The van der Waals surface area contributed by atoms with Gasteiger partial charge in [0.1, 0.15) is 11.9 Å². The van der Waals surface area contributed by atoms with Gasteiger partial charge in [0.05, 0.1) is 18.3 Å². The smallest absolute Gasteiger partial charge is 0.165 e. The monoisotopic (exact) mass is 343 g/mol. The van der Waals surface area contributed by atoms with E-state index in [9.17, 15) is 0 Å². The molecule has 4 rings (SSSR count). The van der Waals surface area contributed by atoms with Crippen LogP contribution in [0.1, 0.15) is 36.8 Å². The number of likely N-dealkylation sites (tertiary alicyclic amines) is 1. The molecule has 1 saturated carbocycles. The van der Waals surface area contributed by atoms with E-state index in [2.05, 4.69) is 30.3 Å². The molecule has 8 heteroatoms. The molecule has 0 bridgehead atoms. The molecule has 8 nitrogen and oxygen atoms in total. The van der Waals surface area contributed by atoms with Crippen LogP contribution in [-0.4, -0.2) is 68.3 Å². The molecular formula is C17H25N7O. The summed E-state index contributed by atoms with van der Waals surface area (Å²) in [5.74, 6) is 1.88. The summed E-state index contributed by atoms with van der Waals surface area (Å²) in [7, 11) is 4.08. The zero-order valence-electron chi connectivity index (χ0n) is 14.9. The van der Waals surface area contributed by atoms with Crippen LogP contribution in [0.25, 0.3) is 0 Å². The van der Waals surface area contributed by atoms with Crippen molar-refractivity contribution in [3.05, 3.63) is 29.8 Å². The summed E-state index contributed by atoms with van der Waals surface area (Å²) in [6, 6.07) is 4.50. The molecule has 25 heavy (non-hydrogen) atoms. The van der Waals surface area contributed by atoms with Gasteiger partial charge in [-0.1, -0.05) is 0 Å². The quantitative estimate of drug-likeness (QED) is 0.746. The van der Waals surface area contributed by atoms with Crippen molar-refractivity contribution in [1.29, 1.82) is 0 Å². The Morgan fingerprint density at radius 1 is 1.28 bits per heavy atom. The van der Waals surface area contributed by atoms with Crippen molar-refractivity contribution in [1.82, 2.24) is 35.0 Å². The van der Waals surface area contributed by atoms with E-state index in [1.54, 1.807) is 0 Å². The predicted octanol–water partition coefficient (Wildman–Crippen LogP) is 1.12. The molecule has 2 aliphatic rings. The zero-order valence-corrected chi connectivity index (χ0v) is 14.9. The van der Waals surface area contributed by atoms with E-state index in [0.717, 1.165) is 49.9 Å². The van der Waals surface area contributed by atoms with Crippen LogP contribution in [-0.2, 0) is 13.1 Å². The van der Waals surface area contributed by atoms with Gasteiger partial charge in [-0.25, -0.2) is 4.68 Å². The largest absolute Gasteiger partial charge is 0.489 e. The molecule has 0 spiro atoms. The van der Waals surface area contributed by atoms with Gasteiger partial charge in [-0.05, 0) is 49.9 Å². The van der Waals surface area contributed by atoms with Crippen LogP contribution in [0.3, 0.4) is 0 Å². The molecule has 3 heterocycles. The van der Waals surface area contributed by atoms with Crippen LogP contribution in [0.4, 0.5) is 0 Å². The number of aromatic nitrogens is 5. The van der Waals surface area contributed by atoms with Gasteiger partial charge < -0.3 is 9.64 Å². The Bertz CT molecular complexity index is 713. The second kappa shape index (κ2) is 7.05. The van der Waals surface area contributed by atoms with Gasteiger partial charge in [0.15, 0.2) is 5.82 Å². The molecule has 2 fully saturated rings. The minimum Gasteiger partial charge on any atom is -0.489 e. The summed E-state index contributed by atoms with van der Waals surface area (Å²) in [6.45, 7) is 3.53. The molecule has 1 saturated heterocycles. The number of ether oxygens (including phenoxy) is 1. The van der Waals surface area contributed by atoms with Crippen molar-refractivity contribution in [2.45, 2.75) is 44.5 Å². The SMILES string of the molecule is CN(C)Cc1cc(OC2CCN(Cc3nnnn3C3CC3)C2)ccn1. The minimum absolute atomic E-state index is 0.208. The second-order valence-corrected chi connectivity index (χ2v) is 7.26. The van der Waals surface area contributed by atoms with Gasteiger partial charge in [0, 0.05) is 31.9 Å². The standard InChI is InChI=1S/C17H25N7O/c1-22(2)10-13-9-15(5-7-18-13)25-16-6-8-23(11-16)12-17-19-20-21-24(17)14-3-4-14/h5,7,9,14,16H,3-4,6,8,10-12H2,1-2H3. The zero-order chi connectivity index (χ0) is 17.2. The van der Waals surface area contributed by atoms with Gasteiger partial charge in [0.25, 0.3) is 0 Å². The van der Waals surface area contributed by atoms with Crippen LogP contribution in [0.5, 0.6) is 5.75 Å². The van der Waals surface area contributed by atoms with Crippen LogP contribution < -0.4 is 4.74 Å². The fourth-order valence-corrected chi connectivity index (χ4v) is 3.29. The number of tetrazole rings is 1. The van der Waals surface area contributed by atoms with Crippen molar-refractivity contribution in [3.63, 3.8) is 0 Å². The highest BCUT2D eigenvalue weighted by atomic mass is 16.5. The Morgan fingerprint density at radius 3 is 2.96 bits per heavy atom. The summed E-state index contributed by atoms with van der Waals surface area (Å²) < 4.78 is 8.17. The number of hydrogen-bond donors (Lipinski definition) is 0. The molecule has 1 aliphatic heterocycles. The Morgan fingerprint density at radius 2 is 2.16 bits per heavy atom. The summed E-state index contributed by atoms with van der Waals surface area (Å²) in [4.78, 5) is 8.87. The third-order valence-corrected chi connectivity index (χ3v) is 4.62. The number of rotatable bonds is 7. The number of nitrogens with zero attached hydrogens (tertiary/aromatic N) is 7. The predicted molar refractivity (Wildman–Crippen MR) is 92.0 cm³/mol. The first-order chi connectivity index (χ1) is 12.2. The minimum atomic E-state index is 0.208. The molecule has 0 N–H and O–H groups in total. The third-order valence-electron chi connectivity index (χ3n) is 4.62. The molecule has 2 aromatic rings. The van der Waals surface area contributed by atoms with E-state index in [1.165, 1.54) is 12.8 Å². The van der Waals surface area contributed by atoms with E-state index < -0.39 is 0 Å². The molecule has 1 unspecified atom stereocenters. The van der Waals surface area contributed by atoms with E-state index in [-0.39, 0.29) is 6.10 Å². The number of pyridine rings is 1. The molecule has 2 aromatic heterocycles. The van der Waals surface area contributed by atoms with Crippen LogP contribution in [0, 0.1) is 0 Å². The van der Waals surface area contributed by atoms with E-state index >= 15 is 0 Å². The third kappa shape index (κ3) is 4.13. The molecule has 0 amide bonds. The van der Waals surface area contributed by atoms with Crippen molar-refractivity contribution in [2.24, 2.45) is 0 Å². The fourth-order valence-electron chi connectivity index (χ4n) is 3.29. The Kier molecular flexibility index (Phi) is 4.63. The molecular weight excluding hydrogens is 318 g/mol. The topological polar surface area (TPSA) is 72.2 Å². The Hall–Kier alpha value is -2.06. The first-order valence-corrected chi connectivity index (χ1v) is 8.93. The van der Waals surface area contributed by atoms with Crippen molar-refractivity contribution >= 4 is 0 Å². The lowest BCUT2D eigenvalue weighted by Gasteiger charge is -2.17. The summed E-state index contributed by atoms with van der Waals surface area (Å²) >= 11 is 0.